The number of alkyl carbamates (subject to hydrolysis) is 1. The molecule has 2 rings (SSSR count). The molecule has 0 saturated carbocycles. The maximum atomic E-state index is 12.4. The SMILES string of the molecule is NP(=O)(NS(=O)(=O)O)N1CCC[C@H](NC(=O)OCc2ccc(Cl)cc2)C1=O. The average molecular weight is 441 g/mol. The second-order valence-corrected chi connectivity index (χ2v) is 9.54. The van der Waals surface area contributed by atoms with Crippen LogP contribution in [-0.2, 0) is 31.0 Å². The van der Waals surface area contributed by atoms with Gasteiger partial charge in [-0.3, -0.25) is 24.1 Å². The van der Waals surface area contributed by atoms with Gasteiger partial charge in [0.2, 0.25) is 0 Å². The van der Waals surface area contributed by atoms with Crippen LogP contribution < -0.4 is 15.3 Å². The van der Waals surface area contributed by atoms with E-state index in [0.717, 1.165) is 0 Å². The predicted octanol–water partition coefficient (Wildman–Crippen LogP) is 1.02. The number of hydrogen-bond donors (Lipinski definition) is 4. The van der Waals surface area contributed by atoms with Crippen molar-refractivity contribution in [1.82, 2.24) is 14.5 Å². The van der Waals surface area contributed by atoms with Gasteiger partial charge in [0.1, 0.15) is 12.6 Å². The molecule has 1 fully saturated rings. The first-order valence-corrected chi connectivity index (χ1v) is 11.2. The number of nitrogens with zero attached hydrogens (tertiary/aromatic N) is 1. The number of piperidine rings is 1. The number of hydrogen-bond acceptors (Lipinski definition) is 6. The molecule has 1 aromatic rings. The molecule has 2 amide bonds. The second-order valence-electron chi connectivity index (χ2n) is 5.69. The summed E-state index contributed by atoms with van der Waals surface area (Å²) in [7, 11) is -9.29. The monoisotopic (exact) mass is 440 g/mol. The Morgan fingerprint density at radius 1 is 1.41 bits per heavy atom. The number of amides is 2. The molecule has 1 aliphatic rings. The summed E-state index contributed by atoms with van der Waals surface area (Å²) >= 11 is 5.76. The molecule has 2 atom stereocenters. The molecule has 5 N–H and O–H groups in total. The fourth-order valence-corrected chi connectivity index (χ4v) is 5.13. The largest absolute Gasteiger partial charge is 0.445 e. The number of nitrogens with two attached hydrogens (primary N) is 1. The quantitative estimate of drug-likeness (QED) is 0.375. The highest BCUT2D eigenvalue weighted by atomic mass is 35.5. The van der Waals surface area contributed by atoms with E-state index in [1.807, 2.05) is 0 Å². The van der Waals surface area contributed by atoms with Gasteiger partial charge in [0, 0.05) is 11.6 Å². The van der Waals surface area contributed by atoms with Gasteiger partial charge in [-0.1, -0.05) is 23.7 Å². The Hall–Kier alpha value is -1.69. The zero-order valence-electron chi connectivity index (χ0n) is 13.9. The number of ether oxygens (including phenoxy) is 1. The highest BCUT2D eigenvalue weighted by Gasteiger charge is 2.40. The molecule has 11 nitrogen and oxygen atoms in total. The summed E-state index contributed by atoms with van der Waals surface area (Å²) in [4.78, 5) is 24.3. The summed E-state index contributed by atoms with van der Waals surface area (Å²) in [6, 6.07) is 5.48. The third-order valence-electron chi connectivity index (χ3n) is 3.60. The molecule has 14 heteroatoms. The topological polar surface area (TPSA) is 168 Å². The molecular formula is C13H18ClN4O7PS. The average Bonchev–Trinajstić information content (AvgIpc) is 2.54. The minimum atomic E-state index is -4.89. The molecule has 1 aromatic carbocycles. The van der Waals surface area contributed by atoms with Crippen molar-refractivity contribution in [3.8, 4) is 0 Å². The Labute approximate surface area is 160 Å². The smallest absolute Gasteiger partial charge is 0.408 e. The molecule has 150 valence electrons. The van der Waals surface area contributed by atoms with Gasteiger partial charge in [-0.15, -0.1) is 4.49 Å². The van der Waals surface area contributed by atoms with E-state index in [9.17, 15) is 22.6 Å². The van der Waals surface area contributed by atoms with Crippen molar-refractivity contribution in [2.45, 2.75) is 25.5 Å². The van der Waals surface area contributed by atoms with Crippen molar-refractivity contribution >= 4 is 41.5 Å². The summed E-state index contributed by atoms with van der Waals surface area (Å²) < 4.78 is 49.6. The number of carbonyl (C=O) groups excluding carboxylic acids is 2. The van der Waals surface area contributed by atoms with Gasteiger partial charge < -0.3 is 10.1 Å². The summed E-state index contributed by atoms with van der Waals surface area (Å²) in [5.41, 5.74) is 6.04. The maximum Gasteiger partial charge on any atom is 0.408 e. The van der Waals surface area contributed by atoms with E-state index in [2.05, 4.69) is 5.32 Å². The molecule has 1 saturated heterocycles. The zero-order valence-corrected chi connectivity index (χ0v) is 16.3. The van der Waals surface area contributed by atoms with E-state index in [4.69, 9.17) is 26.4 Å². The third kappa shape index (κ3) is 6.45. The van der Waals surface area contributed by atoms with Crippen molar-refractivity contribution in [3.05, 3.63) is 34.9 Å². The first-order chi connectivity index (χ1) is 12.5. The number of carbonyl (C=O) groups is 2. The molecule has 27 heavy (non-hydrogen) atoms. The number of nitrogens with one attached hydrogen (secondary N) is 2. The molecule has 1 unspecified atom stereocenters. The van der Waals surface area contributed by atoms with Gasteiger partial charge in [-0.25, -0.2) is 4.79 Å². The van der Waals surface area contributed by atoms with Crippen LogP contribution in [0.4, 0.5) is 4.79 Å². The minimum Gasteiger partial charge on any atom is -0.445 e. The summed E-state index contributed by atoms with van der Waals surface area (Å²) in [6.45, 7) is -0.166. The second kappa shape index (κ2) is 8.55. The van der Waals surface area contributed by atoms with Crippen LogP contribution in [0.25, 0.3) is 0 Å². The Kier molecular flexibility index (Phi) is 6.84. The van der Waals surface area contributed by atoms with Gasteiger partial charge in [0.25, 0.3) is 5.91 Å². The molecule has 0 spiro atoms. The highest BCUT2D eigenvalue weighted by molar-refractivity contribution is 7.90. The number of rotatable bonds is 6. The number of halogens is 1. The lowest BCUT2D eigenvalue weighted by molar-refractivity contribution is -0.130. The van der Waals surface area contributed by atoms with Gasteiger partial charge in [0.05, 0.1) is 0 Å². The van der Waals surface area contributed by atoms with Crippen molar-refractivity contribution in [2.24, 2.45) is 5.50 Å². The van der Waals surface area contributed by atoms with Crippen LogP contribution in [0.15, 0.2) is 24.3 Å². The van der Waals surface area contributed by atoms with Crippen molar-refractivity contribution in [3.63, 3.8) is 0 Å². The normalized spacial score (nSPS) is 20.0. The highest BCUT2D eigenvalue weighted by Crippen LogP contribution is 2.40. The molecule has 1 aliphatic heterocycles. The van der Waals surface area contributed by atoms with Crippen LogP contribution in [0.3, 0.4) is 0 Å². The lowest BCUT2D eigenvalue weighted by Gasteiger charge is -2.35. The van der Waals surface area contributed by atoms with Crippen molar-refractivity contribution < 1.29 is 31.9 Å². The van der Waals surface area contributed by atoms with E-state index in [1.165, 1.54) is 4.49 Å². The first-order valence-electron chi connectivity index (χ1n) is 7.62. The maximum absolute atomic E-state index is 12.4. The fourth-order valence-electron chi connectivity index (χ4n) is 2.42. The van der Waals surface area contributed by atoms with E-state index in [-0.39, 0.29) is 19.6 Å². The van der Waals surface area contributed by atoms with E-state index >= 15 is 0 Å². The Morgan fingerprint density at radius 2 is 2.04 bits per heavy atom. The van der Waals surface area contributed by atoms with Crippen LogP contribution in [-0.4, -0.2) is 42.2 Å². The van der Waals surface area contributed by atoms with Crippen molar-refractivity contribution in [2.75, 3.05) is 6.54 Å². The molecule has 0 aromatic heterocycles. The third-order valence-corrected chi connectivity index (χ3v) is 6.93. The molecule has 1 heterocycles. The van der Waals surface area contributed by atoms with E-state index in [1.54, 1.807) is 24.3 Å². The van der Waals surface area contributed by atoms with Crippen LogP contribution >= 0.6 is 19.2 Å². The van der Waals surface area contributed by atoms with Gasteiger partial charge >= 0.3 is 24.0 Å². The van der Waals surface area contributed by atoms with Gasteiger partial charge in [0.15, 0.2) is 0 Å². The minimum absolute atomic E-state index is 0.0622. The lowest BCUT2D eigenvalue weighted by Crippen LogP contribution is -2.53. The Balaban J connectivity index is 1.95. The first kappa shape index (κ1) is 21.6. The standard InChI is InChI=1S/C13H18ClN4O7PS/c14-10-5-3-9(4-6-10)8-25-13(20)16-11-2-1-7-18(12(11)19)26(15,21)17-27(22,23)24/h3-6,11H,1-2,7-8H2,(H,16,20)(H3,15,17,21)(H,22,23,24)/t11-,26?/m0/s1. The van der Waals surface area contributed by atoms with E-state index in [0.29, 0.717) is 21.7 Å². The zero-order chi connectivity index (χ0) is 20.2. The van der Waals surface area contributed by atoms with E-state index < -0.39 is 35.9 Å². The fraction of sp³-hybridized carbons (Fsp3) is 0.385. The Morgan fingerprint density at radius 3 is 2.63 bits per heavy atom. The predicted molar refractivity (Wildman–Crippen MR) is 96.0 cm³/mol. The summed E-state index contributed by atoms with van der Waals surface area (Å²) in [5, 5.41) is 2.85. The van der Waals surface area contributed by atoms with Crippen LogP contribution in [0.2, 0.25) is 5.02 Å². The molecule has 0 radical (unpaired) electrons. The number of benzene rings is 1. The van der Waals surface area contributed by atoms with Gasteiger partial charge in [-0.2, -0.15) is 8.42 Å². The van der Waals surface area contributed by atoms with Crippen LogP contribution in [0, 0.1) is 0 Å². The lowest BCUT2D eigenvalue weighted by atomic mass is 10.1. The summed E-state index contributed by atoms with van der Waals surface area (Å²) in [6.07, 6.45) is -0.376. The van der Waals surface area contributed by atoms with Gasteiger partial charge in [-0.05, 0) is 30.5 Å². The van der Waals surface area contributed by atoms with Crippen LogP contribution in [0.5, 0.6) is 0 Å². The molecule has 0 aliphatic carbocycles. The van der Waals surface area contributed by atoms with Crippen LogP contribution in [0.1, 0.15) is 18.4 Å². The molecular weight excluding hydrogens is 423 g/mol. The summed E-state index contributed by atoms with van der Waals surface area (Å²) in [5.74, 6) is -0.855. The molecule has 0 bridgehead atoms. The van der Waals surface area contributed by atoms with Crippen molar-refractivity contribution in [1.29, 1.82) is 0 Å². The Bertz CT molecular complexity index is 864.